The highest BCUT2D eigenvalue weighted by Crippen LogP contribution is 2.14. The van der Waals surface area contributed by atoms with Gasteiger partial charge in [-0.2, -0.15) is 0 Å². The number of benzene rings is 2. The minimum atomic E-state index is -0.512. The predicted octanol–water partition coefficient (Wildman–Crippen LogP) is 2.57. The Bertz CT molecular complexity index is 1040. The first-order chi connectivity index (χ1) is 12.5. The van der Waals surface area contributed by atoms with Gasteiger partial charge in [-0.05, 0) is 42.5 Å². The van der Waals surface area contributed by atoms with Gasteiger partial charge in [-0.25, -0.2) is 9.18 Å². The molecule has 0 atom stereocenters. The van der Waals surface area contributed by atoms with E-state index in [1.165, 1.54) is 31.5 Å². The Labute approximate surface area is 147 Å². The summed E-state index contributed by atoms with van der Waals surface area (Å²) in [6, 6.07) is 11.4. The fraction of sp³-hybridized carbons (Fsp3) is 0.105. The molecule has 1 heterocycles. The number of esters is 1. The Kier molecular flexibility index (Phi) is 4.79. The standard InChI is InChI=1S/C19H15FN2O4/c1-26-19(25)12-2-5-14(6-3-12)21-18(24)11-22-9-8-17(23)15-10-13(20)4-7-16(15)22/h2-10H,11H2,1H3,(H,21,24). The van der Waals surface area contributed by atoms with E-state index in [1.807, 2.05) is 0 Å². The fourth-order valence-electron chi connectivity index (χ4n) is 2.58. The number of carbonyl (C=O) groups is 2. The number of ether oxygens (including phenoxy) is 1. The maximum atomic E-state index is 13.4. The van der Waals surface area contributed by atoms with Crippen LogP contribution in [0, 0.1) is 5.82 Å². The number of methoxy groups -OCH3 is 1. The summed E-state index contributed by atoms with van der Waals surface area (Å²) in [6.45, 7) is -0.0544. The zero-order valence-corrected chi connectivity index (χ0v) is 13.9. The summed E-state index contributed by atoms with van der Waals surface area (Å²) in [5.41, 5.74) is 1.04. The van der Waals surface area contributed by atoms with Gasteiger partial charge in [0.05, 0.1) is 18.2 Å². The first-order valence-corrected chi connectivity index (χ1v) is 7.75. The van der Waals surface area contributed by atoms with Crippen molar-refractivity contribution in [2.24, 2.45) is 0 Å². The average Bonchev–Trinajstić information content (AvgIpc) is 2.64. The Morgan fingerprint density at radius 1 is 1.12 bits per heavy atom. The van der Waals surface area contributed by atoms with E-state index in [0.717, 1.165) is 6.07 Å². The number of carbonyl (C=O) groups excluding carboxylic acids is 2. The quantitative estimate of drug-likeness (QED) is 0.731. The normalized spacial score (nSPS) is 10.5. The highest BCUT2D eigenvalue weighted by atomic mass is 19.1. The van der Waals surface area contributed by atoms with E-state index in [4.69, 9.17) is 0 Å². The molecule has 0 bridgehead atoms. The highest BCUT2D eigenvalue weighted by molar-refractivity contribution is 5.93. The Morgan fingerprint density at radius 3 is 2.54 bits per heavy atom. The SMILES string of the molecule is COC(=O)c1ccc(NC(=O)Cn2ccc(=O)c3cc(F)ccc32)cc1. The molecule has 0 unspecified atom stereocenters. The van der Waals surface area contributed by atoms with Crippen LogP contribution in [0.25, 0.3) is 10.9 Å². The maximum absolute atomic E-state index is 13.4. The number of hydrogen-bond donors (Lipinski definition) is 1. The van der Waals surface area contributed by atoms with E-state index in [0.29, 0.717) is 16.8 Å². The van der Waals surface area contributed by atoms with Gasteiger partial charge in [-0.3, -0.25) is 9.59 Å². The number of anilines is 1. The summed E-state index contributed by atoms with van der Waals surface area (Å²) >= 11 is 0. The van der Waals surface area contributed by atoms with Crippen molar-refractivity contribution >= 4 is 28.5 Å². The van der Waals surface area contributed by atoms with Crippen LogP contribution in [0.3, 0.4) is 0 Å². The number of fused-ring (bicyclic) bond motifs is 1. The Hall–Kier alpha value is -3.48. The van der Waals surface area contributed by atoms with E-state index < -0.39 is 11.8 Å². The lowest BCUT2D eigenvalue weighted by Crippen LogP contribution is -2.20. The summed E-state index contributed by atoms with van der Waals surface area (Å²) in [5, 5.41) is 2.91. The van der Waals surface area contributed by atoms with Gasteiger partial charge >= 0.3 is 5.97 Å². The molecule has 26 heavy (non-hydrogen) atoms. The predicted molar refractivity (Wildman–Crippen MR) is 94.6 cm³/mol. The first kappa shape index (κ1) is 17.3. The van der Waals surface area contributed by atoms with Crippen LogP contribution in [0.1, 0.15) is 10.4 Å². The van der Waals surface area contributed by atoms with Crippen molar-refractivity contribution in [2.45, 2.75) is 6.54 Å². The summed E-state index contributed by atoms with van der Waals surface area (Å²) < 4.78 is 19.5. The van der Waals surface area contributed by atoms with Crippen LogP contribution in [0.4, 0.5) is 10.1 Å². The lowest BCUT2D eigenvalue weighted by Gasteiger charge is -2.11. The smallest absolute Gasteiger partial charge is 0.337 e. The largest absolute Gasteiger partial charge is 0.465 e. The Balaban J connectivity index is 1.78. The van der Waals surface area contributed by atoms with Crippen molar-refractivity contribution in [1.82, 2.24) is 4.57 Å². The monoisotopic (exact) mass is 354 g/mol. The fourth-order valence-corrected chi connectivity index (χ4v) is 2.58. The minimum absolute atomic E-state index is 0.0544. The molecule has 2 aromatic carbocycles. The second kappa shape index (κ2) is 7.18. The van der Waals surface area contributed by atoms with Gasteiger partial charge in [0, 0.05) is 23.3 Å². The number of aromatic nitrogens is 1. The maximum Gasteiger partial charge on any atom is 0.337 e. The molecule has 3 aromatic rings. The van der Waals surface area contributed by atoms with Crippen LogP contribution in [0.5, 0.6) is 0 Å². The molecule has 3 rings (SSSR count). The van der Waals surface area contributed by atoms with E-state index in [9.17, 15) is 18.8 Å². The third kappa shape index (κ3) is 3.61. The number of halogens is 1. The molecule has 6 nitrogen and oxygen atoms in total. The Morgan fingerprint density at radius 2 is 1.85 bits per heavy atom. The number of pyridine rings is 1. The van der Waals surface area contributed by atoms with Gasteiger partial charge in [0.1, 0.15) is 12.4 Å². The molecule has 0 saturated carbocycles. The summed E-state index contributed by atoms with van der Waals surface area (Å²) in [4.78, 5) is 35.5. The number of hydrogen-bond acceptors (Lipinski definition) is 4. The number of nitrogens with one attached hydrogen (secondary N) is 1. The molecule has 132 valence electrons. The first-order valence-electron chi connectivity index (χ1n) is 7.75. The zero-order chi connectivity index (χ0) is 18.7. The van der Waals surface area contributed by atoms with Gasteiger partial charge < -0.3 is 14.6 Å². The van der Waals surface area contributed by atoms with Crippen molar-refractivity contribution in [2.75, 3.05) is 12.4 Å². The molecule has 1 aromatic heterocycles. The second-order valence-electron chi connectivity index (χ2n) is 5.59. The van der Waals surface area contributed by atoms with Gasteiger partial charge in [0.15, 0.2) is 5.43 Å². The van der Waals surface area contributed by atoms with Crippen LogP contribution in [0.2, 0.25) is 0 Å². The molecule has 0 aliphatic rings. The van der Waals surface area contributed by atoms with Gasteiger partial charge in [-0.15, -0.1) is 0 Å². The van der Waals surface area contributed by atoms with Gasteiger partial charge in [0.2, 0.25) is 5.91 Å². The van der Waals surface area contributed by atoms with E-state index in [-0.39, 0.29) is 23.3 Å². The summed E-state index contributed by atoms with van der Waals surface area (Å²) in [5.74, 6) is -1.30. The van der Waals surface area contributed by atoms with Gasteiger partial charge in [0.25, 0.3) is 0 Å². The van der Waals surface area contributed by atoms with E-state index in [1.54, 1.807) is 28.8 Å². The molecule has 0 radical (unpaired) electrons. The molecule has 1 amide bonds. The molecular formula is C19H15FN2O4. The van der Waals surface area contributed by atoms with Crippen LogP contribution >= 0.6 is 0 Å². The number of nitrogens with zero attached hydrogens (tertiary/aromatic N) is 1. The molecule has 0 aliphatic heterocycles. The molecule has 0 saturated heterocycles. The topological polar surface area (TPSA) is 77.4 Å². The molecule has 7 heteroatoms. The number of rotatable bonds is 4. The van der Waals surface area contributed by atoms with Crippen LogP contribution < -0.4 is 10.7 Å². The third-order valence-corrected chi connectivity index (χ3v) is 3.84. The zero-order valence-electron chi connectivity index (χ0n) is 13.9. The van der Waals surface area contributed by atoms with Crippen LogP contribution in [0.15, 0.2) is 59.5 Å². The van der Waals surface area contributed by atoms with E-state index >= 15 is 0 Å². The van der Waals surface area contributed by atoms with Crippen molar-refractivity contribution in [3.63, 3.8) is 0 Å². The molecule has 0 aliphatic carbocycles. The van der Waals surface area contributed by atoms with E-state index in [2.05, 4.69) is 10.1 Å². The second-order valence-corrected chi connectivity index (χ2v) is 5.59. The van der Waals surface area contributed by atoms with Crippen molar-refractivity contribution in [3.05, 3.63) is 76.3 Å². The number of amides is 1. The van der Waals surface area contributed by atoms with Crippen LogP contribution in [-0.4, -0.2) is 23.6 Å². The summed E-state index contributed by atoms with van der Waals surface area (Å²) in [7, 11) is 1.29. The third-order valence-electron chi connectivity index (χ3n) is 3.84. The minimum Gasteiger partial charge on any atom is -0.465 e. The lowest BCUT2D eigenvalue weighted by atomic mass is 10.2. The highest BCUT2D eigenvalue weighted by Gasteiger charge is 2.09. The van der Waals surface area contributed by atoms with Crippen molar-refractivity contribution in [3.8, 4) is 0 Å². The average molecular weight is 354 g/mol. The summed E-state index contributed by atoms with van der Waals surface area (Å²) in [6.07, 6.45) is 1.49. The lowest BCUT2D eigenvalue weighted by molar-refractivity contribution is -0.116. The van der Waals surface area contributed by atoms with Gasteiger partial charge in [-0.1, -0.05) is 0 Å². The molecule has 0 fully saturated rings. The van der Waals surface area contributed by atoms with Crippen molar-refractivity contribution < 1.29 is 18.7 Å². The van der Waals surface area contributed by atoms with Crippen molar-refractivity contribution in [1.29, 1.82) is 0 Å². The molecular weight excluding hydrogens is 339 g/mol. The van der Waals surface area contributed by atoms with Crippen LogP contribution in [-0.2, 0) is 16.1 Å². The molecule has 1 N–H and O–H groups in total. The molecule has 0 spiro atoms.